The average Bonchev–Trinajstić information content (AvgIpc) is 3.08. The van der Waals surface area contributed by atoms with Gasteiger partial charge in [-0.15, -0.1) is 11.3 Å². The molecule has 0 bridgehead atoms. The van der Waals surface area contributed by atoms with E-state index in [4.69, 9.17) is 0 Å². The van der Waals surface area contributed by atoms with Crippen LogP contribution in [0, 0.1) is 10.1 Å². The smallest absolute Gasteiger partial charge is 0.319 e. The second kappa shape index (κ2) is 5.95. The van der Waals surface area contributed by atoms with E-state index in [1.807, 2.05) is 6.07 Å². The van der Waals surface area contributed by atoms with Gasteiger partial charge in [0, 0.05) is 12.6 Å². The summed E-state index contributed by atoms with van der Waals surface area (Å²) in [6.07, 6.45) is 2.50. The Labute approximate surface area is 126 Å². The number of rotatable bonds is 5. The molecule has 1 N–H and O–H groups in total. The first-order chi connectivity index (χ1) is 10.1. The van der Waals surface area contributed by atoms with Gasteiger partial charge in [-0.1, -0.05) is 0 Å². The predicted octanol–water partition coefficient (Wildman–Crippen LogP) is 3.10. The number of nitro groups is 1. The number of nitro benzene ring substituents is 1. The maximum Gasteiger partial charge on any atom is 0.319 e. The Morgan fingerprint density at radius 3 is 2.95 bits per heavy atom. The zero-order valence-electron chi connectivity index (χ0n) is 11.9. The highest BCUT2D eigenvalue weighted by Crippen LogP contribution is 2.34. The zero-order valence-corrected chi connectivity index (χ0v) is 12.7. The molecule has 1 aliphatic rings. The van der Waals surface area contributed by atoms with E-state index in [1.54, 1.807) is 11.6 Å². The Morgan fingerprint density at radius 2 is 2.24 bits per heavy atom. The maximum absolute atomic E-state index is 11.4. The third-order valence-electron chi connectivity index (χ3n) is 3.79. The van der Waals surface area contributed by atoms with Crippen molar-refractivity contribution < 1.29 is 4.92 Å². The van der Waals surface area contributed by atoms with Gasteiger partial charge in [-0.25, -0.2) is 4.98 Å². The highest BCUT2D eigenvalue weighted by atomic mass is 32.1. The minimum atomic E-state index is -0.340. The number of hydrogen-bond donors (Lipinski definition) is 1. The Balaban J connectivity index is 1.82. The van der Waals surface area contributed by atoms with Crippen molar-refractivity contribution in [3.05, 3.63) is 27.8 Å². The van der Waals surface area contributed by atoms with Crippen molar-refractivity contribution in [2.24, 2.45) is 0 Å². The lowest BCUT2D eigenvalue weighted by molar-refractivity contribution is -0.382. The highest BCUT2D eigenvalue weighted by Gasteiger charge is 2.22. The number of hydrogen-bond acceptors (Lipinski definition) is 6. The number of benzene rings is 1. The molecule has 0 spiro atoms. The summed E-state index contributed by atoms with van der Waals surface area (Å²) < 4.78 is 0.847. The summed E-state index contributed by atoms with van der Waals surface area (Å²) in [6, 6.07) is 3.85. The van der Waals surface area contributed by atoms with Gasteiger partial charge in [-0.05, 0) is 45.0 Å². The molecule has 2 aromatic rings. The van der Waals surface area contributed by atoms with E-state index in [2.05, 4.69) is 22.1 Å². The van der Waals surface area contributed by atoms with E-state index in [0.717, 1.165) is 24.3 Å². The maximum atomic E-state index is 11.4. The van der Waals surface area contributed by atoms with Gasteiger partial charge >= 0.3 is 5.69 Å². The molecular formula is C14H18N4O2S. The zero-order chi connectivity index (χ0) is 14.8. The quantitative estimate of drug-likeness (QED) is 0.679. The first kappa shape index (κ1) is 14.2. The molecule has 0 radical (unpaired) electrons. The number of thiazole rings is 1. The lowest BCUT2D eigenvalue weighted by atomic mass is 10.2. The molecule has 1 saturated heterocycles. The van der Waals surface area contributed by atoms with E-state index in [-0.39, 0.29) is 16.7 Å². The van der Waals surface area contributed by atoms with Crippen molar-refractivity contribution in [1.82, 2.24) is 9.88 Å². The van der Waals surface area contributed by atoms with Crippen molar-refractivity contribution in [3.63, 3.8) is 0 Å². The van der Waals surface area contributed by atoms with Gasteiger partial charge in [0.2, 0.25) is 0 Å². The van der Waals surface area contributed by atoms with E-state index in [0.29, 0.717) is 11.2 Å². The molecule has 1 aliphatic heterocycles. The fraction of sp³-hybridized carbons (Fsp3) is 0.500. The Kier molecular flexibility index (Phi) is 4.03. The molecule has 0 saturated carbocycles. The molecule has 1 atom stereocenters. The number of likely N-dealkylation sites (tertiary alicyclic amines) is 1. The summed E-state index contributed by atoms with van der Waals surface area (Å²) in [4.78, 5) is 17.6. The van der Waals surface area contributed by atoms with Crippen LogP contribution in [0.4, 0.5) is 11.4 Å². The fourth-order valence-corrected chi connectivity index (χ4v) is 3.56. The number of fused-ring (bicyclic) bond motifs is 1. The normalized spacial score (nSPS) is 17.2. The van der Waals surface area contributed by atoms with Gasteiger partial charge in [0.05, 0.1) is 15.1 Å². The van der Waals surface area contributed by atoms with E-state index < -0.39 is 0 Å². The van der Waals surface area contributed by atoms with Crippen molar-refractivity contribution in [1.29, 1.82) is 0 Å². The SMILES string of the molecule is CC(CN1CCCC1)Nc1ccc2scnc2c1[N+](=O)[O-]. The van der Waals surface area contributed by atoms with Crippen LogP contribution in [0.25, 0.3) is 10.2 Å². The van der Waals surface area contributed by atoms with Crippen LogP contribution in [-0.4, -0.2) is 40.5 Å². The summed E-state index contributed by atoms with van der Waals surface area (Å²) in [5.41, 5.74) is 2.77. The number of aromatic nitrogens is 1. The molecular weight excluding hydrogens is 288 g/mol. The number of anilines is 1. The monoisotopic (exact) mass is 306 g/mol. The largest absolute Gasteiger partial charge is 0.376 e. The standard InChI is InChI=1S/C14H18N4O2S/c1-10(8-17-6-2-3-7-17)16-11-4-5-12-13(15-9-21-12)14(11)18(19)20/h4-5,9-10,16H,2-3,6-8H2,1H3. The summed E-state index contributed by atoms with van der Waals surface area (Å²) in [5.74, 6) is 0. The second-order valence-corrected chi connectivity index (χ2v) is 6.36. The molecule has 21 heavy (non-hydrogen) atoms. The molecule has 0 amide bonds. The summed E-state index contributed by atoms with van der Waals surface area (Å²) in [7, 11) is 0. The number of nitrogens with one attached hydrogen (secondary N) is 1. The van der Waals surface area contributed by atoms with Crippen LogP contribution in [0.15, 0.2) is 17.6 Å². The van der Waals surface area contributed by atoms with Crippen molar-refractivity contribution in [2.45, 2.75) is 25.8 Å². The highest BCUT2D eigenvalue weighted by molar-refractivity contribution is 7.16. The molecule has 1 aromatic carbocycles. The van der Waals surface area contributed by atoms with Gasteiger partial charge in [-0.2, -0.15) is 0 Å². The second-order valence-electron chi connectivity index (χ2n) is 5.47. The lowest BCUT2D eigenvalue weighted by Crippen LogP contribution is -2.33. The number of nitrogens with zero attached hydrogens (tertiary/aromatic N) is 3. The third kappa shape index (κ3) is 2.98. The summed E-state index contributed by atoms with van der Waals surface area (Å²) in [5, 5.41) is 14.7. The average molecular weight is 306 g/mol. The van der Waals surface area contributed by atoms with Gasteiger partial charge in [-0.3, -0.25) is 10.1 Å². The topological polar surface area (TPSA) is 71.3 Å². The van der Waals surface area contributed by atoms with Crippen LogP contribution >= 0.6 is 11.3 Å². The van der Waals surface area contributed by atoms with Crippen molar-refractivity contribution >= 4 is 32.9 Å². The van der Waals surface area contributed by atoms with E-state index in [9.17, 15) is 10.1 Å². The first-order valence-electron chi connectivity index (χ1n) is 7.14. The molecule has 2 heterocycles. The molecule has 6 nitrogen and oxygen atoms in total. The predicted molar refractivity (Wildman–Crippen MR) is 85.0 cm³/mol. The first-order valence-corrected chi connectivity index (χ1v) is 8.02. The minimum absolute atomic E-state index is 0.0852. The minimum Gasteiger partial charge on any atom is -0.376 e. The van der Waals surface area contributed by atoms with Gasteiger partial charge in [0.15, 0.2) is 5.52 Å². The molecule has 7 heteroatoms. The van der Waals surface area contributed by atoms with E-state index >= 15 is 0 Å². The van der Waals surface area contributed by atoms with E-state index in [1.165, 1.54) is 24.2 Å². The van der Waals surface area contributed by atoms with Crippen LogP contribution in [0.3, 0.4) is 0 Å². The van der Waals surface area contributed by atoms with Crippen molar-refractivity contribution in [3.8, 4) is 0 Å². The van der Waals surface area contributed by atoms with Gasteiger partial charge < -0.3 is 10.2 Å². The molecule has 0 aliphatic carbocycles. The van der Waals surface area contributed by atoms with Crippen LogP contribution in [-0.2, 0) is 0 Å². The lowest BCUT2D eigenvalue weighted by Gasteiger charge is -2.22. The fourth-order valence-electron chi connectivity index (χ4n) is 2.88. The van der Waals surface area contributed by atoms with Crippen LogP contribution in [0.1, 0.15) is 19.8 Å². The van der Waals surface area contributed by atoms with Gasteiger partial charge in [0.1, 0.15) is 5.69 Å². The Morgan fingerprint density at radius 1 is 1.48 bits per heavy atom. The third-order valence-corrected chi connectivity index (χ3v) is 4.59. The molecule has 112 valence electrons. The molecule has 1 fully saturated rings. The Bertz CT molecular complexity index is 651. The van der Waals surface area contributed by atoms with Crippen molar-refractivity contribution in [2.75, 3.05) is 25.0 Å². The van der Waals surface area contributed by atoms with Crippen LogP contribution < -0.4 is 5.32 Å². The molecule has 3 rings (SSSR count). The van der Waals surface area contributed by atoms with Gasteiger partial charge in [0.25, 0.3) is 0 Å². The summed E-state index contributed by atoms with van der Waals surface area (Å²) >= 11 is 1.42. The van der Waals surface area contributed by atoms with Crippen LogP contribution in [0.2, 0.25) is 0 Å². The Hall–Kier alpha value is -1.73. The molecule has 1 unspecified atom stereocenters. The van der Waals surface area contributed by atoms with Crippen LogP contribution in [0.5, 0.6) is 0 Å². The molecule has 1 aromatic heterocycles. The summed E-state index contributed by atoms with van der Waals surface area (Å²) in [6.45, 7) is 5.22.